The second-order valence-corrected chi connectivity index (χ2v) is 6.86. The summed E-state index contributed by atoms with van der Waals surface area (Å²) in [6.45, 7) is 5.45. The zero-order chi connectivity index (χ0) is 17.8. The molecule has 1 aliphatic heterocycles. The molecule has 0 aliphatic carbocycles. The van der Waals surface area contributed by atoms with Crippen molar-refractivity contribution in [2.45, 2.75) is 25.6 Å². The van der Waals surface area contributed by atoms with Gasteiger partial charge < -0.3 is 14.6 Å². The van der Waals surface area contributed by atoms with Crippen LogP contribution in [-0.2, 0) is 18.3 Å². The van der Waals surface area contributed by atoms with E-state index >= 15 is 0 Å². The highest BCUT2D eigenvalue weighted by Gasteiger charge is 2.28. The highest BCUT2D eigenvalue weighted by molar-refractivity contribution is 6.31. The maximum atomic E-state index is 14.5. The Labute approximate surface area is 152 Å². The Morgan fingerprint density at radius 1 is 1.48 bits per heavy atom. The van der Waals surface area contributed by atoms with E-state index in [4.69, 9.17) is 16.3 Å². The number of nitrogens with one attached hydrogen (secondary N) is 1. The molecule has 25 heavy (non-hydrogen) atoms. The van der Waals surface area contributed by atoms with E-state index in [-0.39, 0.29) is 18.0 Å². The van der Waals surface area contributed by atoms with E-state index in [0.717, 1.165) is 18.8 Å². The van der Waals surface area contributed by atoms with Crippen LogP contribution < -0.4 is 5.32 Å². The fraction of sp³-hybridized carbons (Fsp3) is 0.500. The molecule has 0 spiro atoms. The fourth-order valence-corrected chi connectivity index (χ4v) is 3.55. The topological polar surface area (TPSA) is 42.3 Å². The second kappa shape index (κ2) is 8.27. The number of hydrogen-bond acceptors (Lipinski definition) is 4. The highest BCUT2D eigenvalue weighted by Crippen LogP contribution is 2.31. The first-order valence-electron chi connectivity index (χ1n) is 8.51. The van der Waals surface area contributed by atoms with Crippen LogP contribution in [0.5, 0.6) is 0 Å². The normalized spacial score (nSPS) is 19.9. The molecule has 7 heteroatoms. The van der Waals surface area contributed by atoms with Crippen molar-refractivity contribution in [1.82, 2.24) is 19.8 Å². The summed E-state index contributed by atoms with van der Waals surface area (Å²) in [5.74, 6) is -0.265. The molecule has 136 valence electrons. The molecule has 2 atom stereocenters. The van der Waals surface area contributed by atoms with E-state index in [2.05, 4.69) is 15.2 Å². The van der Waals surface area contributed by atoms with E-state index < -0.39 is 0 Å². The molecular formula is C18H24ClFN4O. The maximum absolute atomic E-state index is 14.5. The molecule has 0 radical (unpaired) electrons. The third kappa shape index (κ3) is 4.39. The van der Waals surface area contributed by atoms with Gasteiger partial charge in [0, 0.05) is 50.0 Å². The van der Waals surface area contributed by atoms with Gasteiger partial charge in [0.1, 0.15) is 5.82 Å². The van der Waals surface area contributed by atoms with Gasteiger partial charge in [0.15, 0.2) is 0 Å². The summed E-state index contributed by atoms with van der Waals surface area (Å²) < 4.78 is 22.1. The molecule has 1 N–H and O–H groups in total. The van der Waals surface area contributed by atoms with Crippen LogP contribution in [0.1, 0.15) is 24.2 Å². The van der Waals surface area contributed by atoms with Crippen LogP contribution >= 0.6 is 11.6 Å². The predicted octanol–water partition coefficient (Wildman–Crippen LogP) is 2.76. The molecule has 1 fully saturated rings. The molecular weight excluding hydrogens is 343 g/mol. The third-order valence-electron chi connectivity index (χ3n) is 4.61. The summed E-state index contributed by atoms with van der Waals surface area (Å²) in [4.78, 5) is 6.37. The van der Waals surface area contributed by atoms with E-state index in [1.165, 1.54) is 6.07 Å². The Kier molecular flexibility index (Phi) is 6.06. The lowest BCUT2D eigenvalue weighted by Crippen LogP contribution is -2.46. The molecule has 1 aromatic heterocycles. The number of aromatic nitrogens is 2. The van der Waals surface area contributed by atoms with Gasteiger partial charge in [-0.05, 0) is 19.1 Å². The van der Waals surface area contributed by atoms with E-state index in [0.29, 0.717) is 30.3 Å². The molecule has 1 aliphatic rings. The van der Waals surface area contributed by atoms with Gasteiger partial charge in [-0.25, -0.2) is 9.37 Å². The van der Waals surface area contributed by atoms with Crippen LogP contribution in [0.4, 0.5) is 4.39 Å². The molecule has 0 bridgehead atoms. The van der Waals surface area contributed by atoms with Crippen LogP contribution in [0.3, 0.4) is 0 Å². The van der Waals surface area contributed by atoms with Gasteiger partial charge in [0.05, 0.1) is 30.8 Å². The van der Waals surface area contributed by atoms with Gasteiger partial charge in [-0.2, -0.15) is 0 Å². The van der Waals surface area contributed by atoms with Crippen molar-refractivity contribution in [3.05, 3.63) is 52.8 Å². The molecule has 2 heterocycles. The number of halogens is 2. The highest BCUT2D eigenvalue weighted by atomic mass is 35.5. The van der Waals surface area contributed by atoms with Crippen molar-refractivity contribution < 1.29 is 9.13 Å². The molecule has 2 aromatic rings. The monoisotopic (exact) mass is 366 g/mol. The van der Waals surface area contributed by atoms with Crippen molar-refractivity contribution in [2.75, 3.05) is 26.2 Å². The summed E-state index contributed by atoms with van der Waals surface area (Å²) in [5, 5.41) is 3.89. The molecule has 0 amide bonds. The number of rotatable bonds is 6. The number of aryl methyl sites for hydroxylation is 1. The summed E-state index contributed by atoms with van der Waals surface area (Å²) in [5.41, 5.74) is 1.63. The van der Waals surface area contributed by atoms with Crippen molar-refractivity contribution in [2.24, 2.45) is 7.05 Å². The minimum absolute atomic E-state index is 0.124. The smallest absolute Gasteiger partial charge is 0.129 e. The van der Waals surface area contributed by atoms with Crippen LogP contribution in [0.2, 0.25) is 5.02 Å². The minimum atomic E-state index is -0.265. The first kappa shape index (κ1) is 18.3. The standard InChI is InChI=1S/C18H24ClFN4O/c1-13-11-24(6-7-25-13)17(18-15(19)4-3-5-16(18)20)10-21-8-14-9-22-12-23(14)2/h3-5,9,12-13,17,21H,6-8,10-11H2,1-2H3/t13-,17-/m1/s1. The number of imidazole rings is 1. The van der Waals surface area contributed by atoms with Crippen molar-refractivity contribution in [3.63, 3.8) is 0 Å². The maximum Gasteiger partial charge on any atom is 0.129 e. The fourth-order valence-electron chi connectivity index (χ4n) is 3.26. The summed E-state index contributed by atoms with van der Waals surface area (Å²) in [6, 6.07) is 4.72. The van der Waals surface area contributed by atoms with Gasteiger partial charge in [0.2, 0.25) is 0 Å². The van der Waals surface area contributed by atoms with Crippen LogP contribution in [0.25, 0.3) is 0 Å². The van der Waals surface area contributed by atoms with Crippen molar-refractivity contribution >= 4 is 11.6 Å². The Bertz CT molecular complexity index is 688. The van der Waals surface area contributed by atoms with Gasteiger partial charge in [-0.1, -0.05) is 17.7 Å². The lowest BCUT2D eigenvalue weighted by Gasteiger charge is -2.38. The van der Waals surface area contributed by atoms with Crippen molar-refractivity contribution in [1.29, 1.82) is 0 Å². The van der Waals surface area contributed by atoms with E-state index in [9.17, 15) is 4.39 Å². The Morgan fingerprint density at radius 3 is 3.00 bits per heavy atom. The third-order valence-corrected chi connectivity index (χ3v) is 4.94. The van der Waals surface area contributed by atoms with Gasteiger partial charge >= 0.3 is 0 Å². The van der Waals surface area contributed by atoms with Crippen LogP contribution in [-0.4, -0.2) is 46.8 Å². The average molecular weight is 367 g/mol. The van der Waals surface area contributed by atoms with Gasteiger partial charge in [0.25, 0.3) is 0 Å². The molecule has 1 saturated heterocycles. The molecule has 0 unspecified atom stereocenters. The number of hydrogen-bond donors (Lipinski definition) is 1. The van der Waals surface area contributed by atoms with E-state index in [1.54, 1.807) is 18.5 Å². The number of morpholine rings is 1. The Morgan fingerprint density at radius 2 is 2.32 bits per heavy atom. The molecule has 3 rings (SSSR count). The minimum Gasteiger partial charge on any atom is -0.376 e. The first-order valence-corrected chi connectivity index (χ1v) is 8.89. The first-order chi connectivity index (χ1) is 12.1. The SMILES string of the molecule is C[C@@H]1CN([C@H](CNCc2cncn2C)c2c(F)cccc2Cl)CCO1. The lowest BCUT2D eigenvalue weighted by atomic mass is 10.0. The van der Waals surface area contributed by atoms with E-state index in [1.807, 2.05) is 24.7 Å². The second-order valence-electron chi connectivity index (χ2n) is 6.45. The summed E-state index contributed by atoms with van der Waals surface area (Å²) in [7, 11) is 1.96. The quantitative estimate of drug-likeness (QED) is 0.853. The summed E-state index contributed by atoms with van der Waals surface area (Å²) >= 11 is 6.34. The zero-order valence-corrected chi connectivity index (χ0v) is 15.3. The van der Waals surface area contributed by atoms with Crippen molar-refractivity contribution in [3.8, 4) is 0 Å². The number of nitrogens with zero attached hydrogens (tertiary/aromatic N) is 3. The number of ether oxygens (including phenoxy) is 1. The van der Waals surface area contributed by atoms with Crippen LogP contribution in [0.15, 0.2) is 30.7 Å². The summed E-state index contributed by atoms with van der Waals surface area (Å²) in [6.07, 6.45) is 3.72. The lowest BCUT2D eigenvalue weighted by molar-refractivity contribution is -0.0349. The largest absolute Gasteiger partial charge is 0.376 e. The molecule has 1 aromatic carbocycles. The zero-order valence-electron chi connectivity index (χ0n) is 14.6. The van der Waals surface area contributed by atoms with Gasteiger partial charge in [-0.3, -0.25) is 4.90 Å². The molecule has 0 saturated carbocycles. The Hall–Kier alpha value is -1.47. The Balaban J connectivity index is 1.78. The van der Waals surface area contributed by atoms with Gasteiger partial charge in [-0.15, -0.1) is 0 Å². The molecule has 5 nitrogen and oxygen atoms in total. The van der Waals surface area contributed by atoms with Crippen LogP contribution in [0, 0.1) is 5.82 Å². The number of benzene rings is 1. The predicted molar refractivity (Wildman–Crippen MR) is 96.1 cm³/mol. The average Bonchev–Trinajstić information content (AvgIpc) is 2.98.